The summed E-state index contributed by atoms with van der Waals surface area (Å²) in [6, 6.07) is 0. The third-order valence-corrected chi connectivity index (χ3v) is 7.19. The zero-order chi connectivity index (χ0) is 21.2. The summed E-state index contributed by atoms with van der Waals surface area (Å²) in [5.41, 5.74) is 1.92. The Morgan fingerprint density at radius 2 is 2.00 bits per heavy atom. The van der Waals surface area contributed by atoms with Gasteiger partial charge >= 0.3 is 0 Å². The number of rotatable bonds is 13. The number of nitrogens with zero attached hydrogens (tertiary/aromatic N) is 2. The van der Waals surface area contributed by atoms with Crippen molar-refractivity contribution in [3.8, 4) is 0 Å². The molecule has 4 nitrogen and oxygen atoms in total. The lowest BCUT2D eigenvalue weighted by Crippen LogP contribution is -2.26. The Morgan fingerprint density at radius 1 is 1.21 bits per heavy atom. The average molecular weight is 418 g/mol. The molecule has 0 aromatic rings. The third-order valence-electron chi connectivity index (χ3n) is 5.92. The summed E-state index contributed by atoms with van der Waals surface area (Å²) in [5.74, 6) is 1.49. The molecule has 2 aliphatic heterocycles. The van der Waals surface area contributed by atoms with Crippen molar-refractivity contribution < 1.29 is 4.79 Å². The van der Waals surface area contributed by atoms with Crippen molar-refractivity contribution in [2.24, 2.45) is 21.8 Å². The van der Waals surface area contributed by atoms with Crippen LogP contribution in [0, 0.1) is 11.8 Å². The summed E-state index contributed by atoms with van der Waals surface area (Å²) in [4.78, 5) is 20.6. The maximum Gasteiger partial charge on any atom is 0.221 e. The molecule has 0 bridgehead atoms. The fourth-order valence-corrected chi connectivity index (χ4v) is 5.32. The fourth-order valence-electron chi connectivity index (χ4n) is 4.16. The zero-order valence-electron chi connectivity index (χ0n) is 18.7. The predicted molar refractivity (Wildman–Crippen MR) is 128 cm³/mol. The van der Waals surface area contributed by atoms with Crippen molar-refractivity contribution in [1.29, 1.82) is 0 Å². The van der Waals surface area contributed by atoms with Crippen LogP contribution in [0.25, 0.3) is 0 Å². The average Bonchev–Trinajstić information content (AvgIpc) is 3.11. The van der Waals surface area contributed by atoms with E-state index < -0.39 is 0 Å². The summed E-state index contributed by atoms with van der Waals surface area (Å²) in [6.07, 6.45) is 15.2. The van der Waals surface area contributed by atoms with Crippen molar-refractivity contribution in [3.63, 3.8) is 0 Å². The minimum absolute atomic E-state index is 0.0690. The summed E-state index contributed by atoms with van der Waals surface area (Å²) >= 11 is 1.74. The molecular weight excluding hydrogens is 378 g/mol. The van der Waals surface area contributed by atoms with Crippen LogP contribution in [0.3, 0.4) is 0 Å². The Kier molecular flexibility index (Phi) is 10.2. The number of hydrogen-bond acceptors (Lipinski definition) is 4. The highest BCUT2D eigenvalue weighted by atomic mass is 32.2. The van der Waals surface area contributed by atoms with Crippen LogP contribution in [0.4, 0.5) is 0 Å². The Bertz CT molecular complexity index is 653. The number of nitrogens with one attached hydrogen (secondary N) is 1. The molecule has 0 saturated heterocycles. The molecule has 4 atom stereocenters. The second-order valence-electron chi connectivity index (χ2n) is 8.53. The lowest BCUT2D eigenvalue weighted by atomic mass is 9.82. The molecule has 0 radical (unpaired) electrons. The summed E-state index contributed by atoms with van der Waals surface area (Å²) < 4.78 is 0. The second-order valence-corrected chi connectivity index (χ2v) is 9.70. The number of aliphatic imine (C=N–C) groups is 2. The van der Waals surface area contributed by atoms with E-state index in [-0.39, 0.29) is 17.3 Å². The van der Waals surface area contributed by atoms with Gasteiger partial charge in [-0.15, -0.1) is 0 Å². The molecule has 4 unspecified atom stereocenters. The number of carbonyl (C=O) groups is 1. The van der Waals surface area contributed by atoms with Crippen molar-refractivity contribution in [3.05, 3.63) is 23.9 Å². The van der Waals surface area contributed by atoms with Gasteiger partial charge in [-0.05, 0) is 36.3 Å². The number of unbranched alkanes of at least 4 members (excludes halogenated alkanes) is 3. The Labute approximate surface area is 181 Å². The van der Waals surface area contributed by atoms with Crippen LogP contribution in [-0.2, 0) is 4.79 Å². The number of fused-ring (bicyclic) bond motifs is 1. The Morgan fingerprint density at radius 3 is 2.69 bits per heavy atom. The quantitative estimate of drug-likeness (QED) is 0.358. The number of amides is 1. The lowest BCUT2D eigenvalue weighted by molar-refractivity contribution is -0.118. The molecule has 29 heavy (non-hydrogen) atoms. The van der Waals surface area contributed by atoms with Crippen molar-refractivity contribution in [2.75, 3.05) is 0 Å². The van der Waals surface area contributed by atoms with Crippen LogP contribution in [-0.4, -0.2) is 28.6 Å². The van der Waals surface area contributed by atoms with Crippen LogP contribution in [0.5, 0.6) is 0 Å². The maximum atomic E-state index is 11.3. The summed E-state index contributed by atoms with van der Waals surface area (Å²) in [6.45, 7) is 12.9. The molecule has 2 heterocycles. The van der Waals surface area contributed by atoms with E-state index in [0.29, 0.717) is 0 Å². The van der Waals surface area contributed by atoms with E-state index in [4.69, 9.17) is 4.99 Å². The van der Waals surface area contributed by atoms with Crippen molar-refractivity contribution in [2.45, 2.75) is 96.9 Å². The van der Waals surface area contributed by atoms with E-state index >= 15 is 0 Å². The molecule has 0 fully saturated rings. The first-order valence-electron chi connectivity index (χ1n) is 11.4. The van der Waals surface area contributed by atoms with Gasteiger partial charge in [0.15, 0.2) is 6.17 Å². The largest absolute Gasteiger partial charge is 0.325 e. The molecule has 1 amide bonds. The molecule has 2 rings (SSSR count). The summed E-state index contributed by atoms with van der Waals surface area (Å²) in [7, 11) is 0. The maximum absolute atomic E-state index is 11.3. The van der Waals surface area contributed by atoms with E-state index in [1.54, 1.807) is 18.0 Å². The van der Waals surface area contributed by atoms with Crippen LogP contribution >= 0.6 is 11.8 Å². The molecule has 0 aromatic heterocycles. The topological polar surface area (TPSA) is 53.8 Å². The summed E-state index contributed by atoms with van der Waals surface area (Å²) in [5, 5.41) is 4.02. The molecule has 0 saturated carbocycles. The second kappa shape index (κ2) is 12.4. The third kappa shape index (κ3) is 7.76. The predicted octanol–water partition coefficient (Wildman–Crippen LogP) is 6.29. The minimum Gasteiger partial charge on any atom is -0.325 e. The minimum atomic E-state index is -0.0758. The number of allylic oxidation sites excluding steroid dienone is 1. The molecule has 0 aliphatic carbocycles. The molecule has 0 aromatic carbocycles. The van der Waals surface area contributed by atoms with Gasteiger partial charge in [-0.1, -0.05) is 84.1 Å². The van der Waals surface area contributed by atoms with Gasteiger partial charge in [-0.3, -0.25) is 9.79 Å². The van der Waals surface area contributed by atoms with Gasteiger partial charge in [-0.2, -0.15) is 0 Å². The first-order chi connectivity index (χ1) is 13.9. The van der Waals surface area contributed by atoms with Crippen LogP contribution in [0.1, 0.15) is 85.5 Å². The fraction of sp³-hybridized carbons (Fsp3) is 0.708. The highest BCUT2D eigenvalue weighted by Crippen LogP contribution is 2.36. The molecule has 5 heteroatoms. The van der Waals surface area contributed by atoms with Gasteiger partial charge in [0.25, 0.3) is 0 Å². The van der Waals surface area contributed by atoms with E-state index in [0.717, 1.165) is 34.6 Å². The Balaban J connectivity index is 1.84. The molecule has 1 N–H and O–H groups in total. The monoisotopic (exact) mass is 417 g/mol. The molecule has 162 valence electrons. The highest BCUT2D eigenvalue weighted by molar-refractivity contribution is 8.15. The smallest absolute Gasteiger partial charge is 0.221 e. The van der Waals surface area contributed by atoms with E-state index in [2.05, 4.69) is 43.7 Å². The lowest BCUT2D eigenvalue weighted by Gasteiger charge is -2.24. The van der Waals surface area contributed by atoms with Crippen LogP contribution < -0.4 is 5.32 Å². The van der Waals surface area contributed by atoms with Crippen molar-refractivity contribution in [1.82, 2.24) is 5.32 Å². The highest BCUT2D eigenvalue weighted by Gasteiger charge is 2.31. The first kappa shape index (κ1) is 23.9. The molecule has 2 aliphatic rings. The van der Waals surface area contributed by atoms with Crippen LogP contribution in [0.2, 0.25) is 0 Å². The standard InChI is InChI=1S/C24H39N3OS/c1-6-8-9-10-12-17(3)20(11-7-2)14-13-18(4)24-27-23-22(29-24)15-21(16-25-23)26-19(5)28/h15-17,20,22-23H,4,6-14H2,1-3,5H3,(H,26,28). The van der Waals surface area contributed by atoms with E-state index in [1.165, 1.54) is 58.3 Å². The molecule has 0 spiro atoms. The van der Waals surface area contributed by atoms with Gasteiger partial charge in [0, 0.05) is 13.1 Å². The van der Waals surface area contributed by atoms with Crippen LogP contribution in [0.15, 0.2) is 33.9 Å². The van der Waals surface area contributed by atoms with Gasteiger partial charge < -0.3 is 5.32 Å². The number of thioether (sulfide) groups is 1. The van der Waals surface area contributed by atoms with Gasteiger partial charge in [-0.25, -0.2) is 4.99 Å². The Hall–Kier alpha value is -1.36. The normalized spacial score (nSPS) is 22.5. The zero-order valence-corrected chi connectivity index (χ0v) is 19.6. The number of carbonyl (C=O) groups excluding carboxylic acids is 1. The van der Waals surface area contributed by atoms with Crippen molar-refractivity contribution >= 4 is 28.9 Å². The SMILES string of the molecule is C=C(CCC(CCC)C(C)CCCCCC)C1=NC2N=CC(NC(C)=O)=CC2S1. The number of dihydropyridines is 1. The van der Waals surface area contributed by atoms with E-state index in [1.807, 2.05) is 0 Å². The number of hydrogen-bond donors (Lipinski definition) is 1. The van der Waals surface area contributed by atoms with E-state index in [9.17, 15) is 4.79 Å². The first-order valence-corrected chi connectivity index (χ1v) is 12.3. The van der Waals surface area contributed by atoms with Gasteiger partial charge in [0.2, 0.25) is 5.91 Å². The van der Waals surface area contributed by atoms with Gasteiger partial charge in [0.05, 0.1) is 16.0 Å². The molecular formula is C24H39N3OS. The van der Waals surface area contributed by atoms with Gasteiger partial charge in [0.1, 0.15) is 0 Å².